The molecule has 0 saturated heterocycles. The van der Waals surface area contributed by atoms with E-state index in [-0.39, 0.29) is 18.1 Å². The summed E-state index contributed by atoms with van der Waals surface area (Å²) in [5.74, 6) is 0.841. The van der Waals surface area contributed by atoms with Crippen molar-refractivity contribution in [3.8, 4) is 11.5 Å². The molecule has 0 radical (unpaired) electrons. The molecule has 0 saturated carbocycles. The maximum Gasteiger partial charge on any atom is 0.228 e. The zero-order chi connectivity index (χ0) is 16.5. The number of anilines is 1. The molecular weight excluding hydrogens is 311 g/mol. The number of halogens is 1. The minimum absolute atomic E-state index is 0.156. The van der Waals surface area contributed by atoms with Crippen molar-refractivity contribution >= 4 is 22.5 Å². The Labute approximate surface area is 137 Å². The Morgan fingerprint density at radius 1 is 1.12 bits per heavy atom. The van der Waals surface area contributed by atoms with E-state index in [1.165, 1.54) is 12.1 Å². The summed E-state index contributed by atoms with van der Waals surface area (Å²) < 4.78 is 24.2. The number of H-pyrrole nitrogens is 1. The van der Waals surface area contributed by atoms with Gasteiger partial charge >= 0.3 is 0 Å². The highest BCUT2D eigenvalue weighted by atomic mass is 19.1. The molecule has 2 heterocycles. The van der Waals surface area contributed by atoms with Gasteiger partial charge < -0.3 is 19.8 Å². The molecule has 3 aromatic rings. The average Bonchev–Trinajstić information content (AvgIpc) is 2.96. The molecule has 0 fully saturated rings. The predicted octanol–water partition coefficient (Wildman–Crippen LogP) is 3.26. The van der Waals surface area contributed by atoms with Crippen molar-refractivity contribution in [3.63, 3.8) is 0 Å². The van der Waals surface area contributed by atoms with Crippen LogP contribution >= 0.6 is 0 Å². The number of hydrogen-bond acceptors (Lipinski definition) is 3. The van der Waals surface area contributed by atoms with E-state index >= 15 is 0 Å². The molecule has 0 atom stereocenters. The van der Waals surface area contributed by atoms with Crippen LogP contribution in [0, 0.1) is 5.82 Å². The Morgan fingerprint density at radius 3 is 2.83 bits per heavy atom. The van der Waals surface area contributed by atoms with E-state index in [0.29, 0.717) is 35.9 Å². The van der Waals surface area contributed by atoms with E-state index < -0.39 is 0 Å². The summed E-state index contributed by atoms with van der Waals surface area (Å²) in [5, 5.41) is 3.69. The lowest BCUT2D eigenvalue weighted by molar-refractivity contribution is -0.115. The van der Waals surface area contributed by atoms with Crippen LogP contribution in [0.4, 0.5) is 10.1 Å². The van der Waals surface area contributed by atoms with Gasteiger partial charge in [0, 0.05) is 28.9 Å². The first kappa shape index (κ1) is 14.6. The second kappa shape index (κ2) is 5.88. The normalized spacial score (nSPS) is 13.0. The molecule has 1 aromatic heterocycles. The van der Waals surface area contributed by atoms with Gasteiger partial charge in [0.2, 0.25) is 5.91 Å². The van der Waals surface area contributed by atoms with Crippen molar-refractivity contribution in [2.24, 2.45) is 0 Å². The average molecular weight is 326 g/mol. The summed E-state index contributed by atoms with van der Waals surface area (Å²) in [6.45, 7) is 1.02. The molecule has 6 heteroatoms. The molecule has 0 unspecified atom stereocenters. The summed E-state index contributed by atoms with van der Waals surface area (Å²) >= 11 is 0. The van der Waals surface area contributed by atoms with Crippen molar-refractivity contribution in [3.05, 3.63) is 54.0 Å². The number of aromatic amines is 1. The van der Waals surface area contributed by atoms with Gasteiger partial charge in [-0.25, -0.2) is 4.39 Å². The lowest BCUT2D eigenvalue weighted by atomic mass is 10.1. The minimum Gasteiger partial charge on any atom is -0.486 e. The zero-order valence-electron chi connectivity index (χ0n) is 12.8. The van der Waals surface area contributed by atoms with Gasteiger partial charge in [-0.15, -0.1) is 0 Å². The third-order valence-corrected chi connectivity index (χ3v) is 3.91. The first-order chi connectivity index (χ1) is 11.7. The summed E-state index contributed by atoms with van der Waals surface area (Å²) in [7, 11) is 0. The lowest BCUT2D eigenvalue weighted by Gasteiger charge is -2.19. The molecule has 4 rings (SSSR count). The Morgan fingerprint density at radius 2 is 1.96 bits per heavy atom. The highest BCUT2D eigenvalue weighted by Crippen LogP contribution is 2.32. The molecule has 0 spiro atoms. The Kier molecular flexibility index (Phi) is 3.57. The van der Waals surface area contributed by atoms with E-state index in [0.717, 1.165) is 10.9 Å². The molecule has 24 heavy (non-hydrogen) atoms. The number of nitrogens with one attached hydrogen (secondary N) is 2. The molecule has 5 nitrogen and oxygen atoms in total. The fourth-order valence-corrected chi connectivity index (χ4v) is 2.80. The maximum absolute atomic E-state index is 13.2. The van der Waals surface area contributed by atoms with Gasteiger partial charge in [0.05, 0.1) is 6.42 Å². The van der Waals surface area contributed by atoms with Crippen LogP contribution in [0.2, 0.25) is 0 Å². The first-order valence-electron chi connectivity index (χ1n) is 7.64. The number of aromatic nitrogens is 1. The highest BCUT2D eigenvalue weighted by molar-refractivity contribution is 5.96. The number of amides is 1. The van der Waals surface area contributed by atoms with Crippen LogP contribution < -0.4 is 14.8 Å². The van der Waals surface area contributed by atoms with Gasteiger partial charge in [-0.05, 0) is 35.9 Å². The SMILES string of the molecule is O=C(Cc1c[nH]c2cc(F)ccc12)Nc1ccc2c(c1)OCCO2. The van der Waals surface area contributed by atoms with Crippen LogP contribution in [0.3, 0.4) is 0 Å². The summed E-state index contributed by atoms with van der Waals surface area (Å²) in [6, 6.07) is 9.77. The molecule has 2 N–H and O–H groups in total. The molecule has 1 amide bonds. The maximum atomic E-state index is 13.2. The topological polar surface area (TPSA) is 63.4 Å². The molecule has 0 bridgehead atoms. The van der Waals surface area contributed by atoms with Crippen LogP contribution in [-0.2, 0) is 11.2 Å². The van der Waals surface area contributed by atoms with Crippen LogP contribution in [0.15, 0.2) is 42.6 Å². The second-order valence-corrected chi connectivity index (χ2v) is 5.59. The van der Waals surface area contributed by atoms with Crippen molar-refractivity contribution in [2.45, 2.75) is 6.42 Å². The standard InChI is InChI=1S/C18H15FN2O3/c19-12-1-3-14-11(10-20-15(14)8-12)7-18(22)21-13-2-4-16-17(9-13)24-6-5-23-16/h1-4,8-10,20H,5-7H2,(H,21,22). The number of ether oxygens (including phenoxy) is 2. The highest BCUT2D eigenvalue weighted by Gasteiger charge is 2.14. The van der Waals surface area contributed by atoms with E-state index in [9.17, 15) is 9.18 Å². The van der Waals surface area contributed by atoms with Gasteiger partial charge in [-0.1, -0.05) is 0 Å². The van der Waals surface area contributed by atoms with Gasteiger partial charge in [0.1, 0.15) is 19.0 Å². The number of benzene rings is 2. The monoisotopic (exact) mass is 326 g/mol. The second-order valence-electron chi connectivity index (χ2n) is 5.59. The number of fused-ring (bicyclic) bond motifs is 2. The predicted molar refractivity (Wildman–Crippen MR) is 88.0 cm³/mol. The third kappa shape index (κ3) is 2.78. The largest absolute Gasteiger partial charge is 0.486 e. The Hall–Kier alpha value is -3.02. The fraction of sp³-hybridized carbons (Fsp3) is 0.167. The molecule has 122 valence electrons. The summed E-state index contributed by atoms with van der Waals surface area (Å²) in [6.07, 6.45) is 1.92. The minimum atomic E-state index is -0.309. The van der Waals surface area contributed by atoms with Crippen LogP contribution in [0.1, 0.15) is 5.56 Å². The number of rotatable bonds is 3. The molecule has 0 aliphatic carbocycles. The van der Waals surface area contributed by atoms with Gasteiger partial charge in [0.15, 0.2) is 11.5 Å². The smallest absolute Gasteiger partial charge is 0.228 e. The van der Waals surface area contributed by atoms with Crippen LogP contribution in [0.25, 0.3) is 10.9 Å². The van der Waals surface area contributed by atoms with Gasteiger partial charge in [-0.2, -0.15) is 0 Å². The number of carbonyl (C=O) groups excluding carboxylic acids is 1. The van der Waals surface area contributed by atoms with E-state index in [1.807, 2.05) is 0 Å². The van der Waals surface area contributed by atoms with Crippen LogP contribution in [0.5, 0.6) is 11.5 Å². The van der Waals surface area contributed by atoms with Crippen molar-refractivity contribution in [1.29, 1.82) is 0 Å². The first-order valence-corrected chi connectivity index (χ1v) is 7.64. The third-order valence-electron chi connectivity index (χ3n) is 3.91. The number of hydrogen-bond donors (Lipinski definition) is 2. The number of carbonyl (C=O) groups is 1. The van der Waals surface area contributed by atoms with E-state index in [1.54, 1.807) is 30.5 Å². The van der Waals surface area contributed by atoms with Crippen LogP contribution in [-0.4, -0.2) is 24.1 Å². The Balaban J connectivity index is 1.50. The molecular formula is C18H15FN2O3. The van der Waals surface area contributed by atoms with Crippen molar-refractivity contribution < 1.29 is 18.7 Å². The molecule has 1 aliphatic heterocycles. The summed E-state index contributed by atoms with van der Waals surface area (Å²) in [5.41, 5.74) is 2.15. The zero-order valence-corrected chi connectivity index (χ0v) is 12.8. The van der Waals surface area contributed by atoms with E-state index in [4.69, 9.17) is 9.47 Å². The fourth-order valence-electron chi connectivity index (χ4n) is 2.80. The lowest BCUT2D eigenvalue weighted by Crippen LogP contribution is -2.17. The quantitative estimate of drug-likeness (QED) is 0.776. The van der Waals surface area contributed by atoms with Crippen molar-refractivity contribution in [1.82, 2.24) is 4.98 Å². The molecule has 2 aromatic carbocycles. The van der Waals surface area contributed by atoms with Crippen molar-refractivity contribution in [2.75, 3.05) is 18.5 Å². The summed E-state index contributed by atoms with van der Waals surface area (Å²) in [4.78, 5) is 15.3. The Bertz CT molecular complexity index is 920. The van der Waals surface area contributed by atoms with E-state index in [2.05, 4.69) is 10.3 Å². The van der Waals surface area contributed by atoms with Gasteiger partial charge in [-0.3, -0.25) is 4.79 Å². The van der Waals surface area contributed by atoms with Gasteiger partial charge in [0.25, 0.3) is 0 Å². The molecule has 1 aliphatic rings.